The first-order valence-corrected chi connectivity index (χ1v) is 10.5. The zero-order valence-electron chi connectivity index (χ0n) is 17.5. The average molecular weight is 437 g/mol. The van der Waals surface area contributed by atoms with Gasteiger partial charge in [-0.3, -0.25) is 9.59 Å². The summed E-state index contributed by atoms with van der Waals surface area (Å²) in [5.41, 5.74) is 2.24. The van der Waals surface area contributed by atoms with Crippen molar-refractivity contribution in [2.75, 3.05) is 11.9 Å². The number of benzene rings is 3. The second-order valence-corrected chi connectivity index (χ2v) is 7.92. The lowest BCUT2D eigenvalue weighted by atomic mass is 10.1. The molecule has 0 saturated carbocycles. The van der Waals surface area contributed by atoms with Crippen LogP contribution in [0, 0.1) is 5.92 Å². The van der Waals surface area contributed by atoms with E-state index in [0.717, 1.165) is 5.56 Å². The van der Waals surface area contributed by atoms with Gasteiger partial charge in [-0.05, 0) is 48.4 Å². The maximum absolute atomic E-state index is 12.7. The van der Waals surface area contributed by atoms with Crippen molar-refractivity contribution in [3.05, 3.63) is 94.5 Å². The highest BCUT2D eigenvalue weighted by atomic mass is 35.5. The van der Waals surface area contributed by atoms with Gasteiger partial charge in [-0.1, -0.05) is 55.8 Å². The lowest BCUT2D eigenvalue weighted by molar-refractivity contribution is 0.0950. The Bertz CT molecular complexity index is 1050. The number of anilines is 1. The highest BCUT2D eigenvalue weighted by molar-refractivity contribution is 6.31. The minimum Gasteiger partial charge on any atom is -0.489 e. The molecule has 6 heteroatoms. The Morgan fingerprint density at radius 2 is 1.58 bits per heavy atom. The summed E-state index contributed by atoms with van der Waals surface area (Å²) >= 11 is 6.14. The predicted molar refractivity (Wildman–Crippen MR) is 124 cm³/mol. The third-order valence-electron chi connectivity index (χ3n) is 4.56. The van der Waals surface area contributed by atoms with Crippen molar-refractivity contribution < 1.29 is 14.3 Å². The van der Waals surface area contributed by atoms with Gasteiger partial charge in [0, 0.05) is 22.7 Å². The molecular formula is C25H25ClN2O3. The van der Waals surface area contributed by atoms with Crippen LogP contribution in [0.15, 0.2) is 72.8 Å². The topological polar surface area (TPSA) is 67.4 Å². The van der Waals surface area contributed by atoms with E-state index < -0.39 is 0 Å². The summed E-state index contributed by atoms with van der Waals surface area (Å²) in [4.78, 5) is 25.1. The molecule has 5 nitrogen and oxygen atoms in total. The monoisotopic (exact) mass is 436 g/mol. The van der Waals surface area contributed by atoms with Crippen molar-refractivity contribution in [3.8, 4) is 5.75 Å². The van der Waals surface area contributed by atoms with Crippen molar-refractivity contribution >= 4 is 29.1 Å². The van der Waals surface area contributed by atoms with Gasteiger partial charge in [-0.25, -0.2) is 0 Å². The molecule has 0 aliphatic rings. The van der Waals surface area contributed by atoms with Crippen LogP contribution < -0.4 is 15.4 Å². The number of nitrogens with one attached hydrogen (secondary N) is 2. The van der Waals surface area contributed by atoms with Crippen LogP contribution >= 0.6 is 11.6 Å². The van der Waals surface area contributed by atoms with Crippen LogP contribution in [0.25, 0.3) is 0 Å². The molecule has 0 atom stereocenters. The standard InChI is InChI=1S/C25H25ClN2O3/c1-17(2)15-27-25(30)21-8-4-6-10-23(21)28-24(29)18-11-13-20(14-12-18)31-16-19-7-3-5-9-22(19)26/h3-14,17H,15-16H2,1-2H3,(H,27,30)(H,28,29). The number of halogens is 1. The number of para-hydroxylation sites is 1. The molecule has 3 rings (SSSR count). The minimum atomic E-state index is -0.304. The van der Waals surface area contributed by atoms with Gasteiger partial charge in [0.15, 0.2) is 0 Å². The van der Waals surface area contributed by atoms with E-state index in [4.69, 9.17) is 16.3 Å². The Labute approximate surface area is 187 Å². The van der Waals surface area contributed by atoms with E-state index in [2.05, 4.69) is 10.6 Å². The van der Waals surface area contributed by atoms with Crippen LogP contribution in [-0.4, -0.2) is 18.4 Å². The Morgan fingerprint density at radius 3 is 2.29 bits per heavy atom. The maximum atomic E-state index is 12.7. The summed E-state index contributed by atoms with van der Waals surface area (Å²) in [6.45, 7) is 4.95. The summed E-state index contributed by atoms with van der Waals surface area (Å²) in [6, 6.07) is 21.3. The van der Waals surface area contributed by atoms with Crippen LogP contribution in [-0.2, 0) is 6.61 Å². The lowest BCUT2D eigenvalue weighted by Gasteiger charge is -2.13. The molecule has 2 N–H and O–H groups in total. The Hall–Kier alpha value is -3.31. The Balaban J connectivity index is 1.63. The molecule has 0 saturated heterocycles. The van der Waals surface area contributed by atoms with E-state index in [1.807, 2.05) is 38.1 Å². The Morgan fingerprint density at radius 1 is 0.903 bits per heavy atom. The van der Waals surface area contributed by atoms with Gasteiger partial charge in [-0.15, -0.1) is 0 Å². The largest absolute Gasteiger partial charge is 0.489 e. The summed E-state index contributed by atoms with van der Waals surface area (Å²) in [7, 11) is 0. The third-order valence-corrected chi connectivity index (χ3v) is 4.93. The molecule has 0 aliphatic heterocycles. The van der Waals surface area contributed by atoms with Gasteiger partial charge in [-0.2, -0.15) is 0 Å². The number of hydrogen-bond acceptors (Lipinski definition) is 3. The second-order valence-electron chi connectivity index (χ2n) is 7.51. The second kappa shape index (κ2) is 10.6. The molecule has 2 amide bonds. The van der Waals surface area contributed by atoms with Gasteiger partial charge in [0.25, 0.3) is 11.8 Å². The smallest absolute Gasteiger partial charge is 0.255 e. The summed E-state index contributed by atoms with van der Waals surface area (Å²) in [6.07, 6.45) is 0. The van der Waals surface area contributed by atoms with Crippen LogP contribution in [0.3, 0.4) is 0 Å². The van der Waals surface area contributed by atoms with E-state index >= 15 is 0 Å². The van der Waals surface area contributed by atoms with E-state index in [-0.39, 0.29) is 11.8 Å². The van der Waals surface area contributed by atoms with Crippen LogP contribution in [0.2, 0.25) is 5.02 Å². The van der Waals surface area contributed by atoms with Crippen LogP contribution in [0.4, 0.5) is 5.69 Å². The molecule has 3 aromatic rings. The number of hydrogen-bond donors (Lipinski definition) is 2. The van der Waals surface area contributed by atoms with Crippen molar-refractivity contribution in [1.82, 2.24) is 5.32 Å². The molecule has 3 aromatic carbocycles. The highest BCUT2D eigenvalue weighted by Crippen LogP contribution is 2.20. The van der Waals surface area contributed by atoms with Crippen LogP contribution in [0.5, 0.6) is 5.75 Å². The summed E-state index contributed by atoms with van der Waals surface area (Å²) in [5, 5.41) is 6.34. The molecule has 0 aliphatic carbocycles. The molecule has 31 heavy (non-hydrogen) atoms. The quantitative estimate of drug-likeness (QED) is 0.486. The van der Waals surface area contributed by atoms with Crippen molar-refractivity contribution in [1.29, 1.82) is 0 Å². The van der Waals surface area contributed by atoms with Gasteiger partial charge in [0.05, 0.1) is 11.3 Å². The lowest BCUT2D eigenvalue weighted by Crippen LogP contribution is -2.28. The fraction of sp³-hybridized carbons (Fsp3) is 0.200. The summed E-state index contributed by atoms with van der Waals surface area (Å²) < 4.78 is 5.75. The molecule has 0 spiro atoms. The molecule has 0 aromatic heterocycles. The first kappa shape index (κ1) is 22.4. The number of amides is 2. The molecule has 0 unspecified atom stereocenters. The zero-order valence-corrected chi connectivity index (χ0v) is 18.3. The normalized spacial score (nSPS) is 10.6. The number of ether oxygens (including phenoxy) is 1. The summed E-state index contributed by atoms with van der Waals surface area (Å²) in [5.74, 6) is 0.448. The van der Waals surface area contributed by atoms with E-state index in [0.29, 0.717) is 46.7 Å². The maximum Gasteiger partial charge on any atom is 0.255 e. The minimum absolute atomic E-state index is 0.215. The van der Waals surface area contributed by atoms with Gasteiger partial charge < -0.3 is 15.4 Å². The van der Waals surface area contributed by atoms with E-state index in [1.165, 1.54) is 0 Å². The fourth-order valence-corrected chi connectivity index (χ4v) is 3.05. The fourth-order valence-electron chi connectivity index (χ4n) is 2.86. The molecule has 160 valence electrons. The molecular weight excluding hydrogens is 412 g/mol. The average Bonchev–Trinajstić information content (AvgIpc) is 2.77. The number of rotatable bonds is 8. The highest BCUT2D eigenvalue weighted by Gasteiger charge is 2.14. The first-order chi connectivity index (χ1) is 14.9. The molecule has 0 bridgehead atoms. The Kier molecular flexibility index (Phi) is 7.68. The molecule has 0 radical (unpaired) electrons. The number of carbonyl (C=O) groups is 2. The SMILES string of the molecule is CC(C)CNC(=O)c1ccccc1NC(=O)c1ccc(OCc2ccccc2Cl)cc1. The van der Waals surface area contributed by atoms with Gasteiger partial charge in [0.2, 0.25) is 0 Å². The zero-order chi connectivity index (χ0) is 22.2. The molecule has 0 heterocycles. The van der Waals surface area contributed by atoms with Crippen molar-refractivity contribution in [3.63, 3.8) is 0 Å². The van der Waals surface area contributed by atoms with E-state index in [9.17, 15) is 9.59 Å². The van der Waals surface area contributed by atoms with Crippen LogP contribution in [0.1, 0.15) is 40.1 Å². The van der Waals surface area contributed by atoms with Gasteiger partial charge >= 0.3 is 0 Å². The first-order valence-electron chi connectivity index (χ1n) is 10.1. The number of carbonyl (C=O) groups excluding carboxylic acids is 2. The predicted octanol–water partition coefficient (Wildman–Crippen LogP) is 5.56. The third kappa shape index (κ3) is 6.33. The molecule has 0 fully saturated rings. The van der Waals surface area contributed by atoms with E-state index in [1.54, 1.807) is 48.5 Å². The van der Waals surface area contributed by atoms with Crippen molar-refractivity contribution in [2.45, 2.75) is 20.5 Å². The van der Waals surface area contributed by atoms with Gasteiger partial charge in [0.1, 0.15) is 12.4 Å². The van der Waals surface area contributed by atoms with Crippen molar-refractivity contribution in [2.24, 2.45) is 5.92 Å².